The van der Waals surface area contributed by atoms with Gasteiger partial charge in [-0.1, -0.05) is 17.3 Å². The van der Waals surface area contributed by atoms with Gasteiger partial charge in [-0.2, -0.15) is 4.98 Å². The van der Waals surface area contributed by atoms with E-state index < -0.39 is 0 Å². The summed E-state index contributed by atoms with van der Waals surface area (Å²) in [6.45, 7) is 5.40. The van der Waals surface area contributed by atoms with Gasteiger partial charge >= 0.3 is 0 Å². The summed E-state index contributed by atoms with van der Waals surface area (Å²) >= 11 is 0. The molecule has 2 fully saturated rings. The van der Waals surface area contributed by atoms with Crippen LogP contribution in [-0.2, 0) is 0 Å². The number of benzene rings is 2. The monoisotopic (exact) mass is 418 g/mol. The largest absolute Gasteiger partial charge is 0.493 e. The van der Waals surface area contributed by atoms with Crippen molar-refractivity contribution in [1.82, 2.24) is 15.0 Å². The summed E-state index contributed by atoms with van der Waals surface area (Å²) in [7, 11) is 0. The number of carbonyl (C=O) groups excluding carboxylic acids is 1. The SMILES string of the molecule is CCOc1ccccc1C(=O)N1CCN(c2ccc(-c3noc(C4CC4)n3)cc2)CC1. The summed E-state index contributed by atoms with van der Waals surface area (Å²) in [5.74, 6) is 2.55. The molecule has 1 aliphatic carbocycles. The van der Waals surface area contributed by atoms with E-state index >= 15 is 0 Å². The third kappa shape index (κ3) is 4.13. The van der Waals surface area contributed by atoms with Crippen LogP contribution in [0.4, 0.5) is 5.69 Å². The minimum Gasteiger partial charge on any atom is -0.493 e. The van der Waals surface area contributed by atoms with Gasteiger partial charge < -0.3 is 19.1 Å². The second kappa shape index (κ2) is 8.41. The molecular formula is C24H26N4O3. The molecule has 7 heteroatoms. The molecule has 0 N–H and O–H groups in total. The highest BCUT2D eigenvalue weighted by molar-refractivity contribution is 5.97. The molecule has 1 amide bonds. The second-order valence-corrected chi connectivity index (χ2v) is 7.99. The summed E-state index contributed by atoms with van der Waals surface area (Å²) in [5, 5.41) is 4.11. The number of ether oxygens (including phenoxy) is 1. The molecule has 31 heavy (non-hydrogen) atoms. The standard InChI is InChI=1S/C24H26N4O3/c1-2-30-21-6-4-3-5-20(21)24(29)28-15-13-27(14-16-28)19-11-9-17(10-12-19)22-25-23(31-26-22)18-7-8-18/h3-6,9-12,18H,2,7-8,13-16H2,1H3. The number of hydrogen-bond acceptors (Lipinski definition) is 6. The van der Waals surface area contributed by atoms with E-state index in [2.05, 4.69) is 27.2 Å². The lowest BCUT2D eigenvalue weighted by Crippen LogP contribution is -2.48. The quantitative estimate of drug-likeness (QED) is 0.603. The van der Waals surface area contributed by atoms with Crippen LogP contribution in [0.1, 0.15) is 41.9 Å². The Morgan fingerprint density at radius 2 is 1.81 bits per heavy atom. The van der Waals surface area contributed by atoms with E-state index in [4.69, 9.17) is 9.26 Å². The van der Waals surface area contributed by atoms with Crippen molar-refractivity contribution in [3.05, 3.63) is 60.0 Å². The van der Waals surface area contributed by atoms with Crippen LogP contribution in [0, 0.1) is 0 Å². The van der Waals surface area contributed by atoms with Crippen molar-refractivity contribution < 1.29 is 14.1 Å². The molecule has 2 heterocycles. The van der Waals surface area contributed by atoms with Crippen LogP contribution in [0.5, 0.6) is 5.75 Å². The lowest BCUT2D eigenvalue weighted by Gasteiger charge is -2.36. The number of amides is 1. The maximum absolute atomic E-state index is 13.0. The van der Waals surface area contributed by atoms with E-state index in [0.29, 0.717) is 42.8 Å². The zero-order chi connectivity index (χ0) is 21.2. The first-order chi connectivity index (χ1) is 15.2. The number of nitrogens with zero attached hydrogens (tertiary/aromatic N) is 4. The van der Waals surface area contributed by atoms with Gasteiger partial charge in [0.25, 0.3) is 5.91 Å². The second-order valence-electron chi connectivity index (χ2n) is 7.99. The lowest BCUT2D eigenvalue weighted by molar-refractivity contribution is 0.0742. The van der Waals surface area contributed by atoms with Crippen LogP contribution in [0.25, 0.3) is 11.4 Å². The van der Waals surface area contributed by atoms with E-state index in [1.54, 1.807) is 0 Å². The zero-order valence-electron chi connectivity index (χ0n) is 17.7. The van der Waals surface area contributed by atoms with Gasteiger partial charge in [0.1, 0.15) is 5.75 Å². The third-order valence-electron chi connectivity index (χ3n) is 5.84. The Labute approximate surface area is 181 Å². The average Bonchev–Trinajstić information content (AvgIpc) is 3.56. The van der Waals surface area contributed by atoms with Gasteiger partial charge in [0, 0.05) is 43.3 Å². The summed E-state index contributed by atoms with van der Waals surface area (Å²) < 4.78 is 11.0. The van der Waals surface area contributed by atoms with Gasteiger partial charge in [-0.15, -0.1) is 0 Å². The third-order valence-corrected chi connectivity index (χ3v) is 5.84. The van der Waals surface area contributed by atoms with E-state index in [-0.39, 0.29) is 5.91 Å². The van der Waals surface area contributed by atoms with Crippen molar-refractivity contribution in [2.24, 2.45) is 0 Å². The first kappa shape index (κ1) is 19.6. The van der Waals surface area contributed by atoms with Gasteiger partial charge in [0.2, 0.25) is 11.7 Å². The average molecular weight is 418 g/mol. The molecule has 1 aliphatic heterocycles. The lowest BCUT2D eigenvalue weighted by atomic mass is 10.1. The molecule has 0 atom stereocenters. The van der Waals surface area contributed by atoms with Gasteiger partial charge in [-0.05, 0) is 56.2 Å². The highest BCUT2D eigenvalue weighted by atomic mass is 16.5. The smallest absolute Gasteiger partial charge is 0.257 e. The van der Waals surface area contributed by atoms with E-state index in [1.165, 1.54) is 0 Å². The first-order valence-corrected chi connectivity index (χ1v) is 10.9. The Morgan fingerprint density at radius 1 is 1.06 bits per heavy atom. The molecule has 1 aromatic heterocycles. The molecule has 160 valence electrons. The van der Waals surface area contributed by atoms with Gasteiger partial charge in [0.15, 0.2) is 0 Å². The van der Waals surface area contributed by atoms with E-state index in [9.17, 15) is 4.79 Å². The molecule has 5 rings (SSSR count). The van der Waals surface area contributed by atoms with E-state index in [1.807, 2.05) is 48.2 Å². The van der Waals surface area contributed by atoms with Crippen LogP contribution in [0.15, 0.2) is 53.1 Å². The Bertz CT molecular complexity index is 1050. The molecule has 2 aromatic carbocycles. The molecular weight excluding hydrogens is 392 g/mol. The minimum atomic E-state index is 0.0302. The van der Waals surface area contributed by atoms with Crippen LogP contribution in [0.2, 0.25) is 0 Å². The predicted molar refractivity (Wildman–Crippen MR) is 117 cm³/mol. The molecule has 2 aliphatic rings. The number of carbonyl (C=O) groups is 1. The normalized spacial score (nSPS) is 16.4. The summed E-state index contributed by atoms with van der Waals surface area (Å²) in [4.78, 5) is 21.7. The maximum Gasteiger partial charge on any atom is 0.257 e. The molecule has 1 saturated heterocycles. The molecule has 0 spiro atoms. The van der Waals surface area contributed by atoms with Crippen molar-refractivity contribution in [3.63, 3.8) is 0 Å². The van der Waals surface area contributed by atoms with Crippen molar-refractivity contribution in [1.29, 1.82) is 0 Å². The Morgan fingerprint density at radius 3 is 2.52 bits per heavy atom. The minimum absolute atomic E-state index is 0.0302. The molecule has 0 radical (unpaired) electrons. The fraction of sp³-hybridized carbons (Fsp3) is 0.375. The highest BCUT2D eigenvalue weighted by Crippen LogP contribution is 2.39. The first-order valence-electron chi connectivity index (χ1n) is 10.9. The summed E-state index contributed by atoms with van der Waals surface area (Å²) in [6.07, 6.45) is 2.29. The van der Waals surface area contributed by atoms with Crippen molar-refractivity contribution >= 4 is 11.6 Å². The number of para-hydroxylation sites is 1. The molecule has 1 saturated carbocycles. The van der Waals surface area contributed by atoms with Gasteiger partial charge in [-0.3, -0.25) is 4.79 Å². The Balaban J connectivity index is 1.21. The molecule has 3 aromatic rings. The number of rotatable bonds is 6. The van der Waals surface area contributed by atoms with Crippen LogP contribution < -0.4 is 9.64 Å². The van der Waals surface area contributed by atoms with Gasteiger partial charge in [-0.25, -0.2) is 0 Å². The number of piperazine rings is 1. The van der Waals surface area contributed by atoms with Crippen LogP contribution >= 0.6 is 0 Å². The molecule has 0 unspecified atom stereocenters. The van der Waals surface area contributed by atoms with Crippen LogP contribution in [0.3, 0.4) is 0 Å². The zero-order valence-corrected chi connectivity index (χ0v) is 17.7. The van der Waals surface area contributed by atoms with Crippen molar-refractivity contribution in [2.75, 3.05) is 37.7 Å². The molecule has 0 bridgehead atoms. The van der Waals surface area contributed by atoms with Crippen molar-refractivity contribution in [3.8, 4) is 17.1 Å². The fourth-order valence-corrected chi connectivity index (χ4v) is 3.93. The van der Waals surface area contributed by atoms with Gasteiger partial charge in [0.05, 0.1) is 12.2 Å². The number of hydrogen-bond donors (Lipinski definition) is 0. The summed E-state index contributed by atoms with van der Waals surface area (Å²) in [5.41, 5.74) is 2.73. The fourth-order valence-electron chi connectivity index (χ4n) is 3.93. The molecule has 7 nitrogen and oxygen atoms in total. The number of anilines is 1. The maximum atomic E-state index is 13.0. The van der Waals surface area contributed by atoms with Crippen LogP contribution in [-0.4, -0.2) is 53.7 Å². The van der Waals surface area contributed by atoms with Crippen molar-refractivity contribution in [2.45, 2.75) is 25.7 Å². The Kier molecular flexibility index (Phi) is 5.32. The predicted octanol–water partition coefficient (Wildman–Crippen LogP) is 3.98. The van der Waals surface area contributed by atoms with E-state index in [0.717, 1.165) is 43.1 Å². The highest BCUT2D eigenvalue weighted by Gasteiger charge is 2.30. The summed E-state index contributed by atoms with van der Waals surface area (Å²) in [6, 6.07) is 15.7. The topological polar surface area (TPSA) is 71.7 Å². The number of aromatic nitrogens is 2. The Hall–Kier alpha value is -3.35.